The van der Waals surface area contributed by atoms with Crippen LogP contribution in [0.2, 0.25) is 0 Å². The van der Waals surface area contributed by atoms with Crippen molar-refractivity contribution in [2.75, 3.05) is 20.6 Å². The quantitative estimate of drug-likeness (QED) is 0.489. The van der Waals surface area contributed by atoms with E-state index in [4.69, 9.17) is 0 Å². The van der Waals surface area contributed by atoms with E-state index in [1.807, 2.05) is 14.1 Å². The number of hydrogen-bond acceptors (Lipinski definition) is 2. The molecule has 0 saturated carbocycles. The van der Waals surface area contributed by atoms with E-state index in [9.17, 15) is 4.79 Å². The highest BCUT2D eigenvalue weighted by atomic mass is 16.1. The van der Waals surface area contributed by atoms with Gasteiger partial charge in [-0.05, 0) is 26.6 Å². The van der Waals surface area contributed by atoms with E-state index >= 15 is 0 Å². The third kappa shape index (κ3) is 16.1. The van der Waals surface area contributed by atoms with Crippen molar-refractivity contribution >= 4 is 5.91 Å². The maximum Gasteiger partial charge on any atom is 0.243 e. The zero-order valence-corrected chi connectivity index (χ0v) is 8.31. The Balaban J connectivity index is 0. The Labute approximate surface area is 75.2 Å². The molecule has 0 radical (unpaired) electrons. The van der Waals surface area contributed by atoms with Crippen molar-refractivity contribution in [2.45, 2.75) is 19.8 Å². The maximum absolute atomic E-state index is 10.5. The molecule has 3 nitrogen and oxygen atoms in total. The molecule has 0 aliphatic rings. The number of hydrogen-bond donors (Lipinski definition) is 2. The number of nitrogens with one attached hydrogen (secondary N) is 2. The Morgan fingerprint density at radius 2 is 2.00 bits per heavy atom. The molecule has 0 aliphatic carbocycles. The highest BCUT2D eigenvalue weighted by Crippen LogP contribution is 1.81. The van der Waals surface area contributed by atoms with Crippen molar-refractivity contribution in [1.82, 2.24) is 10.6 Å². The van der Waals surface area contributed by atoms with Gasteiger partial charge in [-0.1, -0.05) is 19.9 Å². The van der Waals surface area contributed by atoms with Crippen LogP contribution in [0, 0.1) is 0 Å². The van der Waals surface area contributed by atoms with E-state index < -0.39 is 0 Å². The number of carbonyl (C=O) groups excluding carboxylic acids is 1. The van der Waals surface area contributed by atoms with Crippen molar-refractivity contribution < 1.29 is 4.79 Å². The highest BCUT2D eigenvalue weighted by molar-refractivity contribution is 5.86. The molecule has 0 aromatic heterocycles. The minimum atomic E-state index is -0.0801. The summed E-state index contributed by atoms with van der Waals surface area (Å²) in [5.74, 6) is -0.0801. The van der Waals surface area contributed by atoms with Crippen LogP contribution in [0.1, 0.15) is 19.8 Å². The summed E-state index contributed by atoms with van der Waals surface area (Å²) < 4.78 is 0. The monoisotopic (exact) mass is 172 g/mol. The van der Waals surface area contributed by atoms with E-state index in [0.717, 1.165) is 19.4 Å². The first-order valence-electron chi connectivity index (χ1n) is 4.21. The Morgan fingerprint density at radius 3 is 2.33 bits per heavy atom. The molecule has 12 heavy (non-hydrogen) atoms. The number of unbranched alkanes of at least 4 members (excludes halogenated alkanes) is 1. The van der Waals surface area contributed by atoms with Crippen LogP contribution < -0.4 is 10.6 Å². The van der Waals surface area contributed by atoms with E-state index in [1.165, 1.54) is 6.08 Å². The molecule has 0 fully saturated rings. The predicted molar refractivity (Wildman–Crippen MR) is 53.1 cm³/mol. The van der Waals surface area contributed by atoms with Gasteiger partial charge in [0.25, 0.3) is 0 Å². The van der Waals surface area contributed by atoms with Crippen LogP contribution in [0.25, 0.3) is 0 Å². The fraction of sp³-hybridized carbons (Fsp3) is 0.667. The largest absolute Gasteiger partial charge is 0.353 e. The van der Waals surface area contributed by atoms with E-state index in [-0.39, 0.29) is 5.91 Å². The molecule has 72 valence electrons. The summed E-state index contributed by atoms with van der Waals surface area (Å²) in [5.41, 5.74) is 0. The average Bonchev–Trinajstić information content (AvgIpc) is 2.06. The summed E-state index contributed by atoms with van der Waals surface area (Å²) in [6.07, 6.45) is 3.44. The summed E-state index contributed by atoms with van der Waals surface area (Å²) in [6, 6.07) is 0. The molecule has 0 bridgehead atoms. The minimum Gasteiger partial charge on any atom is -0.353 e. The molecular formula is C9H20N2O. The Morgan fingerprint density at radius 1 is 1.50 bits per heavy atom. The molecule has 0 atom stereocenters. The van der Waals surface area contributed by atoms with Crippen LogP contribution in [-0.2, 0) is 4.79 Å². The summed E-state index contributed by atoms with van der Waals surface area (Å²) in [7, 11) is 3.75. The number of rotatable bonds is 4. The first-order valence-corrected chi connectivity index (χ1v) is 4.21. The molecule has 0 rings (SSSR count). The van der Waals surface area contributed by atoms with Gasteiger partial charge in [-0.15, -0.1) is 0 Å². The maximum atomic E-state index is 10.5. The van der Waals surface area contributed by atoms with Gasteiger partial charge in [-0.3, -0.25) is 4.79 Å². The minimum absolute atomic E-state index is 0.0801. The molecule has 0 heterocycles. The second kappa shape index (κ2) is 12.8. The van der Waals surface area contributed by atoms with Crippen LogP contribution in [0.15, 0.2) is 12.7 Å². The van der Waals surface area contributed by atoms with E-state index in [2.05, 4.69) is 24.1 Å². The summed E-state index contributed by atoms with van der Waals surface area (Å²) in [5, 5.41) is 5.43. The topological polar surface area (TPSA) is 41.1 Å². The van der Waals surface area contributed by atoms with Gasteiger partial charge in [-0.25, -0.2) is 0 Å². The van der Waals surface area contributed by atoms with Gasteiger partial charge in [0.15, 0.2) is 0 Å². The van der Waals surface area contributed by atoms with Crippen LogP contribution in [0.3, 0.4) is 0 Å². The first kappa shape index (κ1) is 13.7. The molecule has 0 unspecified atom stereocenters. The van der Waals surface area contributed by atoms with Crippen LogP contribution in [0.4, 0.5) is 0 Å². The van der Waals surface area contributed by atoms with Crippen molar-refractivity contribution in [1.29, 1.82) is 0 Å². The molecule has 2 N–H and O–H groups in total. The lowest BCUT2D eigenvalue weighted by Gasteiger charge is -1.97. The lowest BCUT2D eigenvalue weighted by Crippen LogP contribution is -2.21. The van der Waals surface area contributed by atoms with Crippen molar-refractivity contribution in [3.8, 4) is 0 Å². The smallest absolute Gasteiger partial charge is 0.243 e. The van der Waals surface area contributed by atoms with Gasteiger partial charge in [-0.2, -0.15) is 0 Å². The standard InChI is InChI=1S/C7H13NO.C2H7N/c1-3-5-6-8-7(9)4-2;1-3-2/h4H,2-3,5-6H2,1H3,(H,8,9);3H,1-2H3. The zero-order valence-electron chi connectivity index (χ0n) is 8.31. The molecule has 0 aromatic rings. The van der Waals surface area contributed by atoms with Gasteiger partial charge in [0.2, 0.25) is 5.91 Å². The van der Waals surface area contributed by atoms with Crippen LogP contribution in [0.5, 0.6) is 0 Å². The number of carbonyl (C=O) groups is 1. The van der Waals surface area contributed by atoms with Crippen molar-refractivity contribution in [3.63, 3.8) is 0 Å². The van der Waals surface area contributed by atoms with Crippen molar-refractivity contribution in [2.24, 2.45) is 0 Å². The summed E-state index contributed by atoms with van der Waals surface area (Å²) >= 11 is 0. The second-order valence-electron chi connectivity index (χ2n) is 2.35. The molecule has 0 saturated heterocycles. The zero-order chi connectivity index (χ0) is 9.82. The fourth-order valence-electron chi connectivity index (χ4n) is 0.461. The first-order chi connectivity index (χ1) is 5.72. The second-order valence-corrected chi connectivity index (χ2v) is 2.35. The van der Waals surface area contributed by atoms with Crippen LogP contribution in [-0.4, -0.2) is 26.5 Å². The van der Waals surface area contributed by atoms with Gasteiger partial charge >= 0.3 is 0 Å². The Bertz CT molecular complexity index is 113. The summed E-state index contributed by atoms with van der Waals surface area (Å²) in [4.78, 5) is 10.5. The predicted octanol–water partition coefficient (Wildman–Crippen LogP) is 0.924. The number of amides is 1. The molecule has 0 spiro atoms. The molecule has 0 aliphatic heterocycles. The normalized spacial score (nSPS) is 7.92. The SMILES string of the molecule is C=CC(=O)NCCCC.CNC. The van der Waals surface area contributed by atoms with Gasteiger partial charge in [0.1, 0.15) is 0 Å². The third-order valence-corrected chi connectivity index (χ3v) is 1.01. The summed E-state index contributed by atoms with van der Waals surface area (Å²) in [6.45, 7) is 6.18. The average molecular weight is 172 g/mol. The van der Waals surface area contributed by atoms with Crippen molar-refractivity contribution in [3.05, 3.63) is 12.7 Å². The van der Waals surface area contributed by atoms with Crippen LogP contribution >= 0.6 is 0 Å². The third-order valence-electron chi connectivity index (χ3n) is 1.01. The van der Waals surface area contributed by atoms with Gasteiger partial charge in [0, 0.05) is 6.54 Å². The van der Waals surface area contributed by atoms with Gasteiger partial charge < -0.3 is 10.6 Å². The lowest BCUT2D eigenvalue weighted by molar-refractivity contribution is -0.116. The van der Waals surface area contributed by atoms with E-state index in [0.29, 0.717) is 0 Å². The van der Waals surface area contributed by atoms with Gasteiger partial charge in [0.05, 0.1) is 0 Å². The Hall–Kier alpha value is -0.830. The molecular weight excluding hydrogens is 152 g/mol. The van der Waals surface area contributed by atoms with E-state index in [1.54, 1.807) is 0 Å². The molecule has 0 aromatic carbocycles. The highest BCUT2D eigenvalue weighted by Gasteiger charge is 1.88. The lowest BCUT2D eigenvalue weighted by atomic mass is 10.3. The fourth-order valence-corrected chi connectivity index (χ4v) is 0.461. The molecule has 3 heteroatoms. The Kier molecular flexibility index (Phi) is 14.7. The molecule has 1 amide bonds.